The number of fused-ring (bicyclic) bond motifs is 1. The first kappa shape index (κ1) is 14.8. The van der Waals surface area contributed by atoms with Crippen LogP contribution in [0.25, 0.3) is 15.5 Å². The van der Waals surface area contributed by atoms with Crippen molar-refractivity contribution in [1.29, 1.82) is 0 Å². The van der Waals surface area contributed by atoms with E-state index in [1.807, 2.05) is 35.6 Å². The number of phenols is 1. The van der Waals surface area contributed by atoms with Gasteiger partial charge in [-0.2, -0.15) is 0 Å². The number of rotatable bonds is 6. The van der Waals surface area contributed by atoms with Crippen molar-refractivity contribution in [3.63, 3.8) is 0 Å². The molecule has 2 rings (SSSR count). The fraction of sp³-hybridized carbons (Fsp3) is 0.286. The monoisotopic (exact) mass is 294 g/mol. The zero-order valence-corrected chi connectivity index (χ0v) is 12.1. The molecule has 0 aliphatic heterocycles. The minimum atomic E-state index is -3.26. The molecular formula is C14H18N2O3S. The second-order valence-electron chi connectivity index (χ2n) is 4.65. The van der Waals surface area contributed by atoms with Gasteiger partial charge in [0.1, 0.15) is 12.3 Å². The second kappa shape index (κ2) is 6.21. The Balaban J connectivity index is 2.01. The summed E-state index contributed by atoms with van der Waals surface area (Å²) in [6.45, 7) is 1.41. The van der Waals surface area contributed by atoms with Crippen LogP contribution in [0.5, 0.6) is 5.75 Å². The van der Waals surface area contributed by atoms with Gasteiger partial charge in [-0.25, -0.2) is 8.42 Å². The number of quaternary nitrogens is 1. The summed E-state index contributed by atoms with van der Waals surface area (Å²) in [6, 6.07) is 11.4. The van der Waals surface area contributed by atoms with Crippen LogP contribution in [0.3, 0.4) is 0 Å². The molecule has 5 nitrogen and oxygen atoms in total. The number of hydrogen-bond donors (Lipinski definition) is 2. The van der Waals surface area contributed by atoms with Gasteiger partial charge in [0.25, 0.3) is 0 Å². The van der Waals surface area contributed by atoms with Gasteiger partial charge in [-0.15, -0.1) is 0 Å². The molecule has 0 saturated heterocycles. The lowest BCUT2D eigenvalue weighted by Gasteiger charge is -2.15. The maximum Gasteiger partial charge on any atom is 0.125 e. The summed E-state index contributed by atoms with van der Waals surface area (Å²) in [5, 5.41) is 14.0. The molecule has 0 amide bonds. The third-order valence-electron chi connectivity index (χ3n) is 3.02. The molecule has 0 aliphatic carbocycles. The summed E-state index contributed by atoms with van der Waals surface area (Å²) in [5.74, 6) is 0.264. The van der Waals surface area contributed by atoms with E-state index < -0.39 is 10.0 Å². The molecule has 0 aromatic heterocycles. The van der Waals surface area contributed by atoms with E-state index in [0.29, 0.717) is 13.1 Å². The SMILES string of the molecule is CS(=O)(=O)[N-]CC[NH2+]Cc1c(O)ccc2ccccc12. The Bertz CT molecular complexity index is 699. The number of nitrogens with two attached hydrogens (primary N) is 1. The summed E-state index contributed by atoms with van der Waals surface area (Å²) < 4.78 is 25.3. The van der Waals surface area contributed by atoms with E-state index in [2.05, 4.69) is 4.72 Å². The molecule has 108 valence electrons. The van der Waals surface area contributed by atoms with Gasteiger partial charge in [-0.1, -0.05) is 36.9 Å². The second-order valence-corrected chi connectivity index (χ2v) is 6.38. The highest BCUT2D eigenvalue weighted by Gasteiger charge is 2.07. The van der Waals surface area contributed by atoms with Gasteiger partial charge in [0.2, 0.25) is 0 Å². The number of sulfonamides is 1. The Labute approximate surface area is 118 Å². The third kappa shape index (κ3) is 3.93. The molecule has 0 fully saturated rings. The van der Waals surface area contributed by atoms with E-state index in [1.165, 1.54) is 0 Å². The lowest BCUT2D eigenvalue weighted by Crippen LogP contribution is -2.83. The van der Waals surface area contributed by atoms with Crippen LogP contribution in [0.2, 0.25) is 0 Å². The fourth-order valence-electron chi connectivity index (χ4n) is 2.10. The number of phenolic OH excluding ortho intramolecular Hbond substituents is 1. The smallest absolute Gasteiger partial charge is 0.125 e. The molecule has 0 heterocycles. The summed E-state index contributed by atoms with van der Waals surface area (Å²) in [4.78, 5) is 0. The van der Waals surface area contributed by atoms with Crippen molar-refractivity contribution in [3.8, 4) is 5.75 Å². The van der Waals surface area contributed by atoms with E-state index in [1.54, 1.807) is 6.07 Å². The topological polar surface area (TPSA) is 85.1 Å². The quantitative estimate of drug-likeness (QED) is 0.778. The van der Waals surface area contributed by atoms with Crippen LogP contribution >= 0.6 is 0 Å². The Hall–Kier alpha value is -1.63. The average Bonchev–Trinajstić information content (AvgIpc) is 2.39. The normalized spacial score (nSPS) is 11.8. The summed E-state index contributed by atoms with van der Waals surface area (Å²) in [5.41, 5.74) is 0.863. The Morgan fingerprint density at radius 1 is 1.20 bits per heavy atom. The summed E-state index contributed by atoms with van der Waals surface area (Å²) >= 11 is 0. The molecule has 0 unspecified atom stereocenters. The summed E-state index contributed by atoms with van der Waals surface area (Å²) in [6.07, 6.45) is 1.09. The van der Waals surface area contributed by atoms with Crippen molar-refractivity contribution in [2.45, 2.75) is 6.54 Å². The first-order valence-electron chi connectivity index (χ1n) is 6.37. The predicted molar refractivity (Wildman–Crippen MR) is 79.2 cm³/mol. The molecule has 0 saturated carbocycles. The minimum absolute atomic E-state index is 0.254. The van der Waals surface area contributed by atoms with E-state index in [9.17, 15) is 13.5 Å². The van der Waals surface area contributed by atoms with E-state index in [0.717, 1.165) is 22.6 Å². The molecule has 2 aromatic rings. The lowest BCUT2D eigenvalue weighted by molar-refractivity contribution is -0.667. The Kier molecular flexibility index (Phi) is 4.59. The molecule has 20 heavy (non-hydrogen) atoms. The van der Waals surface area contributed by atoms with Crippen molar-refractivity contribution in [3.05, 3.63) is 46.7 Å². The van der Waals surface area contributed by atoms with Crippen LogP contribution in [0.4, 0.5) is 0 Å². The van der Waals surface area contributed by atoms with Gasteiger partial charge in [-0.3, -0.25) is 0 Å². The molecule has 6 heteroatoms. The maximum atomic E-state index is 10.9. The molecular weight excluding hydrogens is 276 g/mol. The number of hydrogen-bond acceptors (Lipinski definition) is 3. The largest absolute Gasteiger partial charge is 0.545 e. The highest BCUT2D eigenvalue weighted by molar-refractivity contribution is 7.93. The fourth-order valence-corrected chi connectivity index (χ4v) is 2.53. The highest BCUT2D eigenvalue weighted by atomic mass is 32.2. The van der Waals surface area contributed by atoms with E-state index in [4.69, 9.17) is 0 Å². The minimum Gasteiger partial charge on any atom is -0.545 e. The van der Waals surface area contributed by atoms with E-state index in [-0.39, 0.29) is 12.3 Å². The van der Waals surface area contributed by atoms with Gasteiger partial charge in [0.05, 0.1) is 22.1 Å². The van der Waals surface area contributed by atoms with Gasteiger partial charge in [-0.05, 0) is 16.8 Å². The first-order chi connectivity index (χ1) is 9.47. The third-order valence-corrected chi connectivity index (χ3v) is 3.67. The van der Waals surface area contributed by atoms with Crippen LogP contribution in [0.15, 0.2) is 36.4 Å². The van der Waals surface area contributed by atoms with Crippen molar-refractivity contribution < 1.29 is 18.8 Å². The number of benzene rings is 2. The molecule has 0 bridgehead atoms. The van der Waals surface area contributed by atoms with Crippen LogP contribution in [0, 0.1) is 0 Å². The van der Waals surface area contributed by atoms with Crippen molar-refractivity contribution >= 4 is 20.8 Å². The maximum absolute atomic E-state index is 10.9. The van der Waals surface area contributed by atoms with Crippen molar-refractivity contribution in [1.82, 2.24) is 0 Å². The molecule has 0 radical (unpaired) electrons. The molecule has 0 aliphatic rings. The Morgan fingerprint density at radius 3 is 2.70 bits per heavy atom. The standard InChI is InChI=1S/C14H17N2O3S/c1-20(18,19)16-9-8-15-10-13-12-5-3-2-4-11(12)6-7-14(13)17/h2-7,15,17H,8-10H2,1H3/q-1/p+1. The van der Waals surface area contributed by atoms with Crippen LogP contribution < -0.4 is 5.32 Å². The van der Waals surface area contributed by atoms with Gasteiger partial charge < -0.3 is 15.1 Å². The Morgan fingerprint density at radius 2 is 1.95 bits per heavy atom. The van der Waals surface area contributed by atoms with Gasteiger partial charge >= 0.3 is 0 Å². The van der Waals surface area contributed by atoms with Gasteiger partial charge in [0, 0.05) is 6.26 Å². The lowest BCUT2D eigenvalue weighted by atomic mass is 10.0. The highest BCUT2D eigenvalue weighted by Crippen LogP contribution is 2.25. The molecule has 3 N–H and O–H groups in total. The summed E-state index contributed by atoms with van der Waals surface area (Å²) in [7, 11) is -3.26. The number of nitrogens with zero attached hydrogens (tertiary/aromatic N) is 1. The number of aromatic hydroxyl groups is 1. The molecule has 2 aromatic carbocycles. The van der Waals surface area contributed by atoms with Crippen LogP contribution in [-0.4, -0.2) is 32.9 Å². The molecule has 0 spiro atoms. The average molecular weight is 294 g/mol. The molecule has 0 atom stereocenters. The zero-order chi connectivity index (χ0) is 14.6. The van der Waals surface area contributed by atoms with Gasteiger partial charge in [0.15, 0.2) is 0 Å². The van der Waals surface area contributed by atoms with Crippen LogP contribution in [0.1, 0.15) is 5.56 Å². The van der Waals surface area contributed by atoms with Crippen molar-refractivity contribution in [2.24, 2.45) is 0 Å². The predicted octanol–water partition coefficient (Wildman–Crippen LogP) is 0.942. The first-order valence-corrected chi connectivity index (χ1v) is 8.22. The van der Waals surface area contributed by atoms with Crippen LogP contribution in [-0.2, 0) is 16.6 Å². The zero-order valence-electron chi connectivity index (χ0n) is 11.3. The van der Waals surface area contributed by atoms with E-state index >= 15 is 0 Å². The van der Waals surface area contributed by atoms with Crippen molar-refractivity contribution in [2.75, 3.05) is 19.3 Å².